The Bertz CT molecular complexity index is 1490. The van der Waals surface area contributed by atoms with Crippen molar-refractivity contribution in [3.8, 4) is 0 Å². The minimum Gasteiger partial charge on any atom is -0.341 e. The number of pyridine rings is 1. The minimum atomic E-state index is -0.431. The Morgan fingerprint density at radius 3 is 2.81 bits per heavy atom. The van der Waals surface area contributed by atoms with E-state index in [-0.39, 0.29) is 18.2 Å². The predicted octanol–water partition coefficient (Wildman–Crippen LogP) is 3.92. The van der Waals surface area contributed by atoms with Gasteiger partial charge in [-0.3, -0.25) is 29.6 Å². The summed E-state index contributed by atoms with van der Waals surface area (Å²) < 4.78 is 0. The van der Waals surface area contributed by atoms with Crippen molar-refractivity contribution in [1.82, 2.24) is 25.2 Å². The SMILES string of the molecule is O=C(CCN(Cc1nc2ccccc2[nH]1)C1CCCc2cccnc21)Cc1cccc2c1C(=O)NC2=O. The molecule has 0 bridgehead atoms. The second-order valence-electron chi connectivity index (χ2n) is 9.72. The zero-order valence-corrected chi connectivity index (χ0v) is 20.4. The molecule has 2 aromatic heterocycles. The first kappa shape index (κ1) is 23.2. The van der Waals surface area contributed by atoms with Crippen LogP contribution in [-0.2, 0) is 24.2 Å². The molecule has 37 heavy (non-hydrogen) atoms. The molecule has 6 rings (SSSR count). The average molecular weight is 494 g/mol. The van der Waals surface area contributed by atoms with Gasteiger partial charge in [0.05, 0.1) is 40.4 Å². The molecule has 0 saturated heterocycles. The fourth-order valence-electron chi connectivity index (χ4n) is 5.57. The topological polar surface area (TPSA) is 108 Å². The molecule has 2 aliphatic rings. The number of para-hydroxylation sites is 2. The van der Waals surface area contributed by atoms with Gasteiger partial charge in [0.25, 0.3) is 11.8 Å². The number of nitrogens with zero attached hydrogens (tertiary/aromatic N) is 3. The van der Waals surface area contributed by atoms with Gasteiger partial charge in [-0.1, -0.05) is 30.3 Å². The van der Waals surface area contributed by atoms with E-state index < -0.39 is 11.8 Å². The predicted molar refractivity (Wildman–Crippen MR) is 138 cm³/mol. The number of hydrogen-bond acceptors (Lipinski definition) is 6. The maximum atomic E-state index is 13.1. The van der Waals surface area contributed by atoms with Crippen molar-refractivity contribution in [2.45, 2.75) is 44.7 Å². The summed E-state index contributed by atoms with van der Waals surface area (Å²) in [4.78, 5) is 52.6. The second kappa shape index (κ2) is 9.71. The molecule has 1 aliphatic carbocycles. The average Bonchev–Trinajstić information content (AvgIpc) is 3.46. The lowest BCUT2D eigenvalue weighted by Gasteiger charge is -2.34. The first-order chi connectivity index (χ1) is 18.1. The van der Waals surface area contributed by atoms with E-state index in [0.717, 1.165) is 41.8 Å². The summed E-state index contributed by atoms with van der Waals surface area (Å²) in [5.74, 6) is 0.0366. The van der Waals surface area contributed by atoms with Gasteiger partial charge in [0.2, 0.25) is 0 Å². The number of fused-ring (bicyclic) bond motifs is 3. The molecular formula is C29H27N5O3. The highest BCUT2D eigenvalue weighted by molar-refractivity contribution is 6.22. The van der Waals surface area contributed by atoms with E-state index in [1.165, 1.54) is 5.56 Å². The number of ketones is 1. The zero-order chi connectivity index (χ0) is 25.4. The number of rotatable bonds is 8. The van der Waals surface area contributed by atoms with Crippen molar-refractivity contribution in [3.63, 3.8) is 0 Å². The van der Waals surface area contributed by atoms with Crippen LogP contribution < -0.4 is 5.32 Å². The number of benzene rings is 2. The van der Waals surface area contributed by atoms with Crippen molar-refractivity contribution in [2.75, 3.05) is 6.54 Å². The molecule has 2 amide bonds. The van der Waals surface area contributed by atoms with E-state index in [0.29, 0.717) is 36.2 Å². The summed E-state index contributed by atoms with van der Waals surface area (Å²) in [5.41, 5.74) is 5.50. The highest BCUT2D eigenvalue weighted by atomic mass is 16.2. The minimum absolute atomic E-state index is 0.0206. The fraction of sp³-hybridized carbons (Fsp3) is 0.276. The van der Waals surface area contributed by atoms with E-state index >= 15 is 0 Å². The van der Waals surface area contributed by atoms with Gasteiger partial charge in [-0.15, -0.1) is 0 Å². The highest BCUT2D eigenvalue weighted by Gasteiger charge is 2.31. The molecule has 4 aromatic rings. The molecule has 1 atom stereocenters. The van der Waals surface area contributed by atoms with Gasteiger partial charge in [0, 0.05) is 25.6 Å². The number of imidazole rings is 1. The molecule has 3 heterocycles. The van der Waals surface area contributed by atoms with Crippen LogP contribution in [0.15, 0.2) is 60.8 Å². The normalized spacial score (nSPS) is 16.6. The number of carbonyl (C=O) groups is 3. The quantitative estimate of drug-likeness (QED) is 0.360. The largest absolute Gasteiger partial charge is 0.341 e. The number of hydrogen-bond donors (Lipinski definition) is 2. The van der Waals surface area contributed by atoms with E-state index in [4.69, 9.17) is 9.97 Å². The van der Waals surface area contributed by atoms with Crippen molar-refractivity contribution in [2.24, 2.45) is 0 Å². The molecule has 2 aromatic carbocycles. The van der Waals surface area contributed by atoms with Gasteiger partial charge in [0.15, 0.2) is 0 Å². The number of amides is 2. The first-order valence-electron chi connectivity index (χ1n) is 12.7. The van der Waals surface area contributed by atoms with Crippen molar-refractivity contribution < 1.29 is 14.4 Å². The summed E-state index contributed by atoms with van der Waals surface area (Å²) in [7, 11) is 0. The summed E-state index contributed by atoms with van der Waals surface area (Å²) in [6.45, 7) is 1.11. The lowest BCUT2D eigenvalue weighted by molar-refractivity contribution is -0.119. The second-order valence-corrected chi connectivity index (χ2v) is 9.72. The van der Waals surface area contributed by atoms with E-state index in [2.05, 4.69) is 21.3 Å². The lowest BCUT2D eigenvalue weighted by atomic mass is 9.90. The van der Waals surface area contributed by atoms with E-state index in [1.807, 2.05) is 36.5 Å². The number of aromatic amines is 1. The summed E-state index contributed by atoms with van der Waals surface area (Å²) in [5, 5.41) is 2.32. The molecule has 8 heteroatoms. The Hall–Kier alpha value is -4.17. The lowest BCUT2D eigenvalue weighted by Crippen LogP contribution is -2.34. The third-order valence-electron chi connectivity index (χ3n) is 7.31. The monoisotopic (exact) mass is 493 g/mol. The molecule has 1 unspecified atom stereocenters. The molecule has 0 spiro atoms. The molecule has 8 nitrogen and oxygen atoms in total. The number of H-pyrrole nitrogens is 1. The first-order valence-corrected chi connectivity index (χ1v) is 12.7. The highest BCUT2D eigenvalue weighted by Crippen LogP contribution is 2.34. The number of nitrogens with one attached hydrogen (secondary N) is 2. The summed E-state index contributed by atoms with van der Waals surface area (Å²) in [6.07, 6.45) is 5.31. The van der Waals surface area contributed by atoms with Crippen molar-refractivity contribution >= 4 is 28.6 Å². The summed E-state index contributed by atoms with van der Waals surface area (Å²) >= 11 is 0. The maximum Gasteiger partial charge on any atom is 0.259 e. The number of imide groups is 1. The van der Waals surface area contributed by atoms with E-state index in [1.54, 1.807) is 18.2 Å². The molecular weight excluding hydrogens is 466 g/mol. The third kappa shape index (κ3) is 4.56. The van der Waals surface area contributed by atoms with Gasteiger partial charge >= 0.3 is 0 Å². The molecule has 2 N–H and O–H groups in total. The van der Waals surface area contributed by atoms with Gasteiger partial charge in [-0.25, -0.2) is 4.98 Å². The van der Waals surface area contributed by atoms with Crippen LogP contribution in [0.1, 0.15) is 68.7 Å². The van der Waals surface area contributed by atoms with Crippen LogP contribution >= 0.6 is 0 Å². The Morgan fingerprint density at radius 1 is 1.03 bits per heavy atom. The van der Waals surface area contributed by atoms with Crippen molar-refractivity contribution in [1.29, 1.82) is 0 Å². The molecule has 1 aliphatic heterocycles. The van der Waals surface area contributed by atoms with Gasteiger partial charge < -0.3 is 4.98 Å². The number of aryl methyl sites for hydroxylation is 1. The van der Waals surface area contributed by atoms with Crippen LogP contribution in [0.25, 0.3) is 11.0 Å². The molecule has 0 fully saturated rings. The van der Waals surface area contributed by atoms with Crippen LogP contribution in [0.2, 0.25) is 0 Å². The van der Waals surface area contributed by atoms with Crippen LogP contribution in [0.5, 0.6) is 0 Å². The van der Waals surface area contributed by atoms with Gasteiger partial charge in [-0.05, 0) is 54.7 Å². The molecule has 0 radical (unpaired) electrons. The Balaban J connectivity index is 1.23. The number of carbonyl (C=O) groups excluding carboxylic acids is 3. The Morgan fingerprint density at radius 2 is 1.92 bits per heavy atom. The zero-order valence-electron chi connectivity index (χ0n) is 20.4. The van der Waals surface area contributed by atoms with E-state index in [9.17, 15) is 14.4 Å². The summed E-state index contributed by atoms with van der Waals surface area (Å²) in [6, 6.07) is 17.3. The van der Waals surface area contributed by atoms with Crippen LogP contribution in [0.4, 0.5) is 0 Å². The fourth-order valence-corrected chi connectivity index (χ4v) is 5.57. The maximum absolute atomic E-state index is 13.1. The smallest absolute Gasteiger partial charge is 0.259 e. The molecule has 186 valence electrons. The Labute approximate surface area is 214 Å². The number of Topliss-reactive ketones (excluding diaryl/α,β-unsaturated/α-hetero) is 1. The standard InChI is InChI=1S/C29H27N5O3/c35-20(16-19-7-3-9-21-26(19)29(37)33-28(21)36)13-15-34(17-25-31-22-10-1-2-11-23(22)32-25)24-12-4-6-18-8-5-14-30-27(18)24/h1-3,5,7-11,14,24H,4,6,12-13,15-17H2,(H,31,32)(H,33,36,37). The van der Waals surface area contributed by atoms with Crippen molar-refractivity contribution in [3.05, 3.63) is 94.6 Å². The van der Waals surface area contributed by atoms with Crippen LogP contribution in [0, 0.1) is 0 Å². The van der Waals surface area contributed by atoms with Crippen LogP contribution in [-0.4, -0.2) is 44.0 Å². The van der Waals surface area contributed by atoms with Crippen LogP contribution in [0.3, 0.4) is 0 Å². The third-order valence-corrected chi connectivity index (χ3v) is 7.31. The molecule has 0 saturated carbocycles. The van der Waals surface area contributed by atoms with Gasteiger partial charge in [-0.2, -0.15) is 0 Å². The number of aromatic nitrogens is 3. The Kier molecular flexibility index (Phi) is 6.10. The van der Waals surface area contributed by atoms with Gasteiger partial charge in [0.1, 0.15) is 11.6 Å².